The Labute approximate surface area is 154 Å². The predicted octanol–water partition coefficient (Wildman–Crippen LogP) is 4.97. The number of carbonyl (C=O) groups is 2. The summed E-state index contributed by atoms with van der Waals surface area (Å²) in [5.41, 5.74) is 1.37. The third-order valence-electron chi connectivity index (χ3n) is 4.87. The van der Waals surface area contributed by atoms with E-state index in [0.717, 1.165) is 24.8 Å². The van der Waals surface area contributed by atoms with Crippen molar-refractivity contribution < 1.29 is 29.1 Å². The van der Waals surface area contributed by atoms with Crippen LogP contribution in [0.1, 0.15) is 69.8 Å². The minimum Gasteiger partial charge on any atom is -0.428 e. The van der Waals surface area contributed by atoms with Gasteiger partial charge in [-0.15, -0.1) is 0 Å². The molecule has 2 unspecified atom stereocenters. The SMILES string of the molecule is CC1CCCC(C)C1OC(=O)OOOC(=O)c1ccc(C(C)(C)C)cc1. The Bertz CT molecular complexity index is 606. The van der Waals surface area contributed by atoms with Crippen LogP contribution in [-0.2, 0) is 25.0 Å². The Morgan fingerprint density at radius 2 is 1.54 bits per heavy atom. The van der Waals surface area contributed by atoms with Crippen molar-refractivity contribution in [2.45, 2.75) is 65.4 Å². The molecule has 144 valence electrons. The van der Waals surface area contributed by atoms with Gasteiger partial charge in [0.05, 0.1) is 10.6 Å². The molecule has 1 aliphatic rings. The normalized spacial score (nSPS) is 23.2. The van der Waals surface area contributed by atoms with E-state index in [1.54, 1.807) is 12.1 Å². The Kier molecular flexibility index (Phi) is 6.64. The van der Waals surface area contributed by atoms with Gasteiger partial charge < -0.3 is 4.74 Å². The number of rotatable bonds is 4. The fourth-order valence-electron chi connectivity index (χ4n) is 3.24. The third kappa shape index (κ3) is 5.46. The first-order valence-corrected chi connectivity index (χ1v) is 9.05. The van der Waals surface area contributed by atoms with Gasteiger partial charge in [0, 0.05) is 0 Å². The molecule has 26 heavy (non-hydrogen) atoms. The van der Waals surface area contributed by atoms with E-state index in [2.05, 4.69) is 35.6 Å². The summed E-state index contributed by atoms with van der Waals surface area (Å²) in [5, 5.41) is 4.30. The minimum atomic E-state index is -1.01. The third-order valence-corrected chi connectivity index (χ3v) is 4.87. The minimum absolute atomic E-state index is 0.0147. The molecule has 0 heterocycles. The Morgan fingerprint density at radius 1 is 0.962 bits per heavy atom. The lowest BCUT2D eigenvalue weighted by atomic mass is 9.81. The summed E-state index contributed by atoms with van der Waals surface area (Å²) >= 11 is 0. The van der Waals surface area contributed by atoms with Crippen molar-refractivity contribution in [3.05, 3.63) is 35.4 Å². The molecule has 1 aliphatic carbocycles. The second-order valence-corrected chi connectivity index (χ2v) is 8.07. The number of hydrogen-bond donors (Lipinski definition) is 0. The molecule has 0 aliphatic heterocycles. The highest BCUT2D eigenvalue weighted by Crippen LogP contribution is 2.31. The van der Waals surface area contributed by atoms with E-state index in [4.69, 9.17) is 4.74 Å². The van der Waals surface area contributed by atoms with Crippen molar-refractivity contribution >= 4 is 12.1 Å². The van der Waals surface area contributed by atoms with Gasteiger partial charge in [-0.1, -0.05) is 53.2 Å². The first-order chi connectivity index (χ1) is 12.2. The average Bonchev–Trinajstić information content (AvgIpc) is 2.57. The average molecular weight is 364 g/mol. The number of benzene rings is 1. The van der Waals surface area contributed by atoms with E-state index in [0.29, 0.717) is 5.56 Å². The van der Waals surface area contributed by atoms with Crippen molar-refractivity contribution in [1.82, 2.24) is 0 Å². The molecule has 1 aromatic rings. The van der Waals surface area contributed by atoms with Gasteiger partial charge in [0.1, 0.15) is 6.10 Å². The summed E-state index contributed by atoms with van der Waals surface area (Å²) in [6, 6.07) is 6.96. The molecule has 1 fully saturated rings. The van der Waals surface area contributed by atoms with Crippen LogP contribution in [0.4, 0.5) is 4.79 Å². The molecule has 0 amide bonds. The molecule has 2 rings (SSSR count). The highest BCUT2D eigenvalue weighted by Gasteiger charge is 2.32. The van der Waals surface area contributed by atoms with Crippen molar-refractivity contribution in [3.8, 4) is 0 Å². The van der Waals surface area contributed by atoms with Crippen LogP contribution in [-0.4, -0.2) is 18.2 Å². The van der Waals surface area contributed by atoms with Gasteiger partial charge in [0.15, 0.2) is 0 Å². The molecule has 2 atom stereocenters. The van der Waals surface area contributed by atoms with E-state index in [1.165, 1.54) is 0 Å². The Morgan fingerprint density at radius 3 is 2.08 bits per heavy atom. The van der Waals surface area contributed by atoms with Crippen LogP contribution in [0, 0.1) is 11.8 Å². The molecule has 1 aromatic carbocycles. The van der Waals surface area contributed by atoms with Crippen molar-refractivity contribution in [1.29, 1.82) is 0 Å². The van der Waals surface area contributed by atoms with Crippen LogP contribution in [0.15, 0.2) is 24.3 Å². The molecular formula is C20H28O6. The largest absolute Gasteiger partial charge is 0.543 e. The molecule has 1 saturated carbocycles. The molecule has 6 nitrogen and oxygen atoms in total. The second kappa shape index (κ2) is 8.54. The highest BCUT2D eigenvalue weighted by molar-refractivity contribution is 5.88. The molecule has 0 aromatic heterocycles. The zero-order valence-corrected chi connectivity index (χ0v) is 16.1. The zero-order valence-electron chi connectivity index (χ0n) is 16.1. The lowest BCUT2D eigenvalue weighted by Crippen LogP contribution is -2.35. The highest BCUT2D eigenvalue weighted by atomic mass is 17.5. The van der Waals surface area contributed by atoms with Crippen molar-refractivity contribution in [3.63, 3.8) is 0 Å². The Balaban J connectivity index is 1.78. The van der Waals surface area contributed by atoms with Crippen LogP contribution >= 0.6 is 0 Å². The van der Waals surface area contributed by atoms with Gasteiger partial charge in [0.2, 0.25) is 0 Å². The quantitative estimate of drug-likeness (QED) is 0.427. The van der Waals surface area contributed by atoms with E-state index in [9.17, 15) is 9.59 Å². The molecular weight excluding hydrogens is 336 g/mol. The van der Waals surface area contributed by atoms with Gasteiger partial charge in [0.25, 0.3) is 0 Å². The zero-order chi connectivity index (χ0) is 19.3. The van der Waals surface area contributed by atoms with Crippen LogP contribution in [0.3, 0.4) is 0 Å². The van der Waals surface area contributed by atoms with Crippen LogP contribution in [0.25, 0.3) is 0 Å². The smallest absolute Gasteiger partial charge is 0.428 e. The summed E-state index contributed by atoms with van der Waals surface area (Å²) in [4.78, 5) is 32.5. The fourth-order valence-corrected chi connectivity index (χ4v) is 3.24. The van der Waals surface area contributed by atoms with Crippen LogP contribution in [0.2, 0.25) is 0 Å². The second-order valence-electron chi connectivity index (χ2n) is 8.07. The van der Waals surface area contributed by atoms with Crippen molar-refractivity contribution in [2.75, 3.05) is 0 Å². The first kappa shape index (κ1) is 20.2. The van der Waals surface area contributed by atoms with Gasteiger partial charge in [-0.05, 0) is 47.8 Å². The van der Waals surface area contributed by atoms with Gasteiger partial charge in [-0.3, -0.25) is 4.89 Å². The van der Waals surface area contributed by atoms with Crippen LogP contribution in [0.5, 0.6) is 0 Å². The van der Waals surface area contributed by atoms with Gasteiger partial charge in [-0.2, -0.15) is 0 Å². The maximum absolute atomic E-state index is 11.9. The summed E-state index contributed by atoms with van der Waals surface area (Å²) in [7, 11) is 0. The monoisotopic (exact) mass is 364 g/mol. The Hall–Kier alpha value is -2.08. The van der Waals surface area contributed by atoms with E-state index in [-0.39, 0.29) is 23.4 Å². The van der Waals surface area contributed by atoms with E-state index >= 15 is 0 Å². The van der Waals surface area contributed by atoms with Gasteiger partial charge >= 0.3 is 12.1 Å². The standard InChI is InChI=1S/C20H28O6/c1-13-7-6-8-14(2)17(13)23-19(22)25-26-24-18(21)15-9-11-16(12-10-15)20(3,4)5/h9-14,17H,6-8H2,1-5H3. The predicted molar refractivity (Wildman–Crippen MR) is 95.2 cm³/mol. The van der Waals surface area contributed by atoms with E-state index in [1.807, 2.05) is 26.0 Å². The summed E-state index contributed by atoms with van der Waals surface area (Å²) in [6.07, 6.45) is 1.90. The summed E-state index contributed by atoms with van der Waals surface area (Å²) in [6.45, 7) is 10.3. The maximum Gasteiger partial charge on any atom is 0.543 e. The molecule has 0 spiro atoms. The summed E-state index contributed by atoms with van der Waals surface area (Å²) in [5.74, 6) is -0.233. The van der Waals surface area contributed by atoms with Crippen LogP contribution < -0.4 is 0 Å². The van der Waals surface area contributed by atoms with E-state index < -0.39 is 12.1 Å². The van der Waals surface area contributed by atoms with Crippen molar-refractivity contribution in [2.24, 2.45) is 11.8 Å². The molecule has 6 heteroatoms. The topological polar surface area (TPSA) is 71.1 Å². The fraction of sp³-hybridized carbons (Fsp3) is 0.600. The van der Waals surface area contributed by atoms with Gasteiger partial charge in [-0.25, -0.2) is 14.5 Å². The lowest BCUT2D eigenvalue weighted by Gasteiger charge is -2.32. The number of hydrogen-bond acceptors (Lipinski definition) is 6. The molecule has 0 radical (unpaired) electrons. The summed E-state index contributed by atoms with van der Waals surface area (Å²) < 4.78 is 5.28. The molecule has 0 bridgehead atoms. The number of ether oxygens (including phenoxy) is 1. The number of carbonyl (C=O) groups excluding carboxylic acids is 2. The molecule has 0 N–H and O–H groups in total. The maximum atomic E-state index is 11.9. The molecule has 0 saturated heterocycles. The first-order valence-electron chi connectivity index (χ1n) is 9.05. The lowest BCUT2D eigenvalue weighted by molar-refractivity contribution is -0.453.